The molecule has 0 aromatic rings. The van der Waals surface area contributed by atoms with Crippen LogP contribution in [-0.2, 0) is 4.79 Å². The summed E-state index contributed by atoms with van der Waals surface area (Å²) in [5.74, 6) is 1.56. The topological polar surface area (TPSA) is 17.1 Å². The molecule has 1 fully saturated rings. The van der Waals surface area contributed by atoms with Crippen LogP contribution in [0.3, 0.4) is 0 Å². The van der Waals surface area contributed by atoms with Gasteiger partial charge in [0.05, 0.1) is 0 Å². The molecule has 0 amide bonds. The van der Waals surface area contributed by atoms with Crippen LogP contribution in [0, 0.1) is 11.8 Å². The van der Waals surface area contributed by atoms with Crippen molar-refractivity contribution < 1.29 is 4.79 Å². The van der Waals surface area contributed by atoms with Gasteiger partial charge in [0.15, 0.2) is 0 Å². The summed E-state index contributed by atoms with van der Waals surface area (Å²) >= 11 is 0. The highest BCUT2D eigenvalue weighted by atomic mass is 16.1. The van der Waals surface area contributed by atoms with Gasteiger partial charge in [-0.25, -0.2) is 0 Å². The first kappa shape index (κ1) is 8.76. The van der Waals surface area contributed by atoms with Crippen LogP contribution in [-0.4, -0.2) is 6.29 Å². The zero-order valence-electron chi connectivity index (χ0n) is 7.38. The first-order valence-electron chi connectivity index (χ1n) is 4.76. The summed E-state index contributed by atoms with van der Waals surface area (Å²) in [6.45, 7) is 2.19. The lowest BCUT2D eigenvalue weighted by atomic mass is 9.93. The molecule has 0 bridgehead atoms. The lowest BCUT2D eigenvalue weighted by Crippen LogP contribution is -2.03. The Morgan fingerprint density at radius 3 is 2.64 bits per heavy atom. The second-order valence-electron chi connectivity index (χ2n) is 3.89. The van der Waals surface area contributed by atoms with Crippen LogP contribution >= 0.6 is 0 Å². The average molecular weight is 154 g/mol. The zero-order chi connectivity index (χ0) is 8.10. The highest BCUT2D eigenvalue weighted by Crippen LogP contribution is 2.30. The molecular formula is C10H18O. The summed E-state index contributed by atoms with van der Waals surface area (Å²) < 4.78 is 0. The van der Waals surface area contributed by atoms with Gasteiger partial charge in [-0.05, 0) is 18.3 Å². The maximum Gasteiger partial charge on any atom is 0.120 e. The quantitative estimate of drug-likeness (QED) is 0.569. The van der Waals surface area contributed by atoms with Crippen LogP contribution in [0.5, 0.6) is 0 Å². The Morgan fingerprint density at radius 1 is 1.45 bits per heavy atom. The molecule has 64 valence electrons. The van der Waals surface area contributed by atoms with E-state index in [1.165, 1.54) is 32.1 Å². The lowest BCUT2D eigenvalue weighted by molar-refractivity contribution is -0.108. The molecular weight excluding hydrogens is 136 g/mol. The van der Waals surface area contributed by atoms with Gasteiger partial charge in [0.1, 0.15) is 6.29 Å². The number of carbonyl (C=O) groups excluding carboxylic acids is 1. The Kier molecular flexibility index (Phi) is 3.61. The first-order chi connectivity index (χ1) is 5.33. The molecule has 1 saturated carbocycles. The molecule has 1 heteroatoms. The predicted molar refractivity (Wildman–Crippen MR) is 46.4 cm³/mol. The van der Waals surface area contributed by atoms with Crippen LogP contribution in [0.4, 0.5) is 0 Å². The Labute approximate surface area is 69.2 Å². The van der Waals surface area contributed by atoms with Crippen molar-refractivity contribution in [3.05, 3.63) is 0 Å². The molecule has 1 atom stereocenters. The first-order valence-corrected chi connectivity index (χ1v) is 4.76. The monoisotopic (exact) mass is 154 g/mol. The summed E-state index contributed by atoms with van der Waals surface area (Å²) in [4.78, 5) is 10.2. The van der Waals surface area contributed by atoms with Crippen molar-refractivity contribution in [2.24, 2.45) is 11.8 Å². The molecule has 0 N–H and O–H groups in total. The van der Waals surface area contributed by atoms with E-state index in [0.717, 1.165) is 18.6 Å². The maximum absolute atomic E-state index is 10.2. The number of aldehydes is 1. The van der Waals surface area contributed by atoms with Crippen LogP contribution in [0.1, 0.15) is 45.4 Å². The van der Waals surface area contributed by atoms with Crippen molar-refractivity contribution in [3.8, 4) is 0 Å². The van der Waals surface area contributed by atoms with E-state index >= 15 is 0 Å². The average Bonchev–Trinajstić information content (AvgIpc) is 2.40. The van der Waals surface area contributed by atoms with Gasteiger partial charge in [-0.1, -0.05) is 32.6 Å². The molecule has 0 aromatic heterocycles. The Bertz CT molecular complexity index is 114. The van der Waals surface area contributed by atoms with Crippen LogP contribution in [0.2, 0.25) is 0 Å². The third kappa shape index (κ3) is 3.04. The van der Waals surface area contributed by atoms with E-state index in [2.05, 4.69) is 6.92 Å². The number of rotatable bonds is 4. The normalized spacial score (nSPS) is 21.9. The fourth-order valence-corrected chi connectivity index (χ4v) is 2.08. The molecule has 11 heavy (non-hydrogen) atoms. The third-order valence-corrected chi connectivity index (χ3v) is 2.71. The van der Waals surface area contributed by atoms with Gasteiger partial charge in [0.25, 0.3) is 0 Å². The Hall–Kier alpha value is -0.330. The molecule has 1 unspecified atom stereocenters. The molecule has 1 aliphatic carbocycles. The maximum atomic E-state index is 10.2. The Morgan fingerprint density at radius 2 is 2.09 bits per heavy atom. The molecule has 0 radical (unpaired) electrons. The van der Waals surface area contributed by atoms with Gasteiger partial charge in [-0.2, -0.15) is 0 Å². The van der Waals surface area contributed by atoms with Crippen LogP contribution < -0.4 is 0 Å². The van der Waals surface area contributed by atoms with E-state index in [9.17, 15) is 4.79 Å². The molecule has 0 saturated heterocycles. The minimum Gasteiger partial charge on any atom is -0.303 e. The van der Waals surface area contributed by atoms with Crippen LogP contribution in [0.15, 0.2) is 0 Å². The minimum absolute atomic E-state index is 0.621. The highest BCUT2D eigenvalue weighted by Gasteiger charge is 2.17. The summed E-state index contributed by atoms with van der Waals surface area (Å²) in [7, 11) is 0. The highest BCUT2D eigenvalue weighted by molar-refractivity contribution is 5.49. The van der Waals surface area contributed by atoms with Gasteiger partial charge in [-0.15, -0.1) is 0 Å². The molecule has 1 rings (SSSR count). The third-order valence-electron chi connectivity index (χ3n) is 2.71. The van der Waals surface area contributed by atoms with E-state index in [0.29, 0.717) is 5.92 Å². The van der Waals surface area contributed by atoms with E-state index in [1.54, 1.807) is 0 Å². The molecule has 1 aliphatic rings. The molecule has 0 aromatic carbocycles. The Balaban J connectivity index is 2.12. The van der Waals surface area contributed by atoms with Gasteiger partial charge in [0.2, 0.25) is 0 Å². The fraction of sp³-hybridized carbons (Fsp3) is 0.900. The molecule has 0 aliphatic heterocycles. The van der Waals surface area contributed by atoms with Gasteiger partial charge < -0.3 is 4.79 Å². The van der Waals surface area contributed by atoms with Crippen molar-refractivity contribution in [1.82, 2.24) is 0 Å². The van der Waals surface area contributed by atoms with Crippen molar-refractivity contribution in [2.75, 3.05) is 0 Å². The summed E-state index contributed by atoms with van der Waals surface area (Å²) in [6, 6.07) is 0. The standard InChI is InChI=1S/C10H18O/c1-9(6-7-11)8-10-4-2-3-5-10/h7,9-10H,2-6,8H2,1H3. The van der Waals surface area contributed by atoms with E-state index in [-0.39, 0.29) is 0 Å². The van der Waals surface area contributed by atoms with Crippen molar-refractivity contribution >= 4 is 6.29 Å². The van der Waals surface area contributed by atoms with Crippen LogP contribution in [0.25, 0.3) is 0 Å². The number of hydrogen-bond acceptors (Lipinski definition) is 1. The summed E-state index contributed by atoms with van der Waals surface area (Å²) in [6.07, 6.45) is 8.73. The fourth-order valence-electron chi connectivity index (χ4n) is 2.08. The second kappa shape index (κ2) is 4.53. The summed E-state index contributed by atoms with van der Waals surface area (Å²) in [5, 5.41) is 0. The van der Waals surface area contributed by atoms with Crippen molar-refractivity contribution in [2.45, 2.75) is 45.4 Å². The molecule has 0 heterocycles. The minimum atomic E-state index is 0.621. The number of hydrogen-bond donors (Lipinski definition) is 0. The molecule has 0 spiro atoms. The van der Waals surface area contributed by atoms with Gasteiger partial charge in [-0.3, -0.25) is 0 Å². The largest absolute Gasteiger partial charge is 0.303 e. The van der Waals surface area contributed by atoms with Gasteiger partial charge >= 0.3 is 0 Å². The summed E-state index contributed by atoms with van der Waals surface area (Å²) in [5.41, 5.74) is 0. The predicted octanol–water partition coefficient (Wildman–Crippen LogP) is 2.79. The van der Waals surface area contributed by atoms with Crippen molar-refractivity contribution in [3.63, 3.8) is 0 Å². The van der Waals surface area contributed by atoms with E-state index < -0.39 is 0 Å². The lowest BCUT2D eigenvalue weighted by Gasteiger charge is -2.12. The number of carbonyl (C=O) groups is 1. The SMILES string of the molecule is CC(CC=O)CC1CCCC1. The molecule has 1 nitrogen and oxygen atoms in total. The smallest absolute Gasteiger partial charge is 0.120 e. The zero-order valence-corrected chi connectivity index (χ0v) is 7.38. The van der Waals surface area contributed by atoms with E-state index in [1.807, 2.05) is 0 Å². The van der Waals surface area contributed by atoms with Gasteiger partial charge in [0, 0.05) is 6.42 Å². The van der Waals surface area contributed by atoms with E-state index in [4.69, 9.17) is 0 Å². The second-order valence-corrected chi connectivity index (χ2v) is 3.89. The van der Waals surface area contributed by atoms with Crippen molar-refractivity contribution in [1.29, 1.82) is 0 Å².